The number of amides is 1. The summed E-state index contributed by atoms with van der Waals surface area (Å²) in [6.07, 6.45) is 0. The van der Waals surface area contributed by atoms with Gasteiger partial charge in [-0.15, -0.1) is 0 Å². The Balaban J connectivity index is 2.30. The SMILES string of the molecule is CCOC/C(=N\OCc1c(Cl)cccc1/C(=N\OC)C(=O)NC)c1ccccc1. The Labute approximate surface area is 175 Å². The first-order valence-corrected chi connectivity index (χ1v) is 9.43. The van der Waals surface area contributed by atoms with E-state index in [1.807, 2.05) is 37.3 Å². The molecule has 0 atom stereocenters. The highest BCUT2D eigenvalue weighted by atomic mass is 35.5. The fraction of sp³-hybridized carbons (Fsp3) is 0.286. The van der Waals surface area contributed by atoms with Crippen molar-refractivity contribution in [1.82, 2.24) is 5.32 Å². The molecule has 8 heteroatoms. The predicted molar refractivity (Wildman–Crippen MR) is 113 cm³/mol. The number of rotatable bonds is 10. The summed E-state index contributed by atoms with van der Waals surface area (Å²) in [6, 6.07) is 14.8. The first-order chi connectivity index (χ1) is 14.1. The van der Waals surface area contributed by atoms with E-state index in [2.05, 4.69) is 15.6 Å². The second-order valence-electron chi connectivity index (χ2n) is 5.78. The summed E-state index contributed by atoms with van der Waals surface area (Å²) >= 11 is 6.36. The van der Waals surface area contributed by atoms with Crippen molar-refractivity contribution < 1.29 is 19.2 Å². The number of benzene rings is 2. The van der Waals surface area contributed by atoms with Crippen LogP contribution in [0.2, 0.25) is 5.02 Å². The number of hydrogen-bond donors (Lipinski definition) is 1. The van der Waals surface area contributed by atoms with Crippen molar-refractivity contribution in [3.8, 4) is 0 Å². The standard InChI is InChI=1S/C21H24ClN3O4/c1-4-28-14-19(15-9-6-5-7-10-15)24-29-13-17-16(11-8-12-18(17)22)20(25-27-3)21(26)23-2/h5-12H,4,13-14H2,1-3H3,(H,23,26)/b24-19+,25-20+. The van der Waals surface area contributed by atoms with Gasteiger partial charge in [0.05, 0.1) is 6.61 Å². The number of hydrogen-bond acceptors (Lipinski definition) is 6. The van der Waals surface area contributed by atoms with Crippen molar-refractivity contribution in [3.63, 3.8) is 0 Å². The lowest BCUT2D eigenvalue weighted by Crippen LogP contribution is -2.29. The van der Waals surface area contributed by atoms with E-state index >= 15 is 0 Å². The number of oxime groups is 2. The summed E-state index contributed by atoms with van der Waals surface area (Å²) in [6.45, 7) is 2.82. The Hall–Kier alpha value is -2.90. The van der Waals surface area contributed by atoms with E-state index in [0.29, 0.717) is 35.1 Å². The average Bonchev–Trinajstić information content (AvgIpc) is 2.75. The molecule has 1 amide bonds. The smallest absolute Gasteiger partial charge is 0.273 e. The van der Waals surface area contributed by atoms with Crippen LogP contribution in [0.1, 0.15) is 23.6 Å². The largest absolute Gasteiger partial charge is 0.398 e. The second-order valence-corrected chi connectivity index (χ2v) is 6.19. The molecule has 0 radical (unpaired) electrons. The monoisotopic (exact) mass is 417 g/mol. The molecule has 154 valence electrons. The quantitative estimate of drug-likeness (QED) is 0.474. The van der Waals surface area contributed by atoms with Gasteiger partial charge in [-0.2, -0.15) is 0 Å². The maximum Gasteiger partial charge on any atom is 0.273 e. The van der Waals surface area contributed by atoms with Crippen LogP contribution in [0.4, 0.5) is 0 Å². The average molecular weight is 418 g/mol. The molecule has 0 unspecified atom stereocenters. The van der Waals surface area contributed by atoms with Gasteiger partial charge in [-0.05, 0) is 13.0 Å². The number of halogens is 1. The molecule has 0 heterocycles. The Bertz CT molecular complexity index is 869. The van der Waals surface area contributed by atoms with Crippen LogP contribution < -0.4 is 5.32 Å². The summed E-state index contributed by atoms with van der Waals surface area (Å²) in [4.78, 5) is 22.6. The van der Waals surface area contributed by atoms with Crippen molar-refractivity contribution in [1.29, 1.82) is 0 Å². The Morgan fingerprint density at radius 3 is 2.52 bits per heavy atom. The third-order valence-electron chi connectivity index (χ3n) is 3.93. The van der Waals surface area contributed by atoms with Crippen molar-refractivity contribution in [2.24, 2.45) is 10.3 Å². The van der Waals surface area contributed by atoms with Gasteiger partial charge in [0, 0.05) is 35.4 Å². The third kappa shape index (κ3) is 6.30. The van der Waals surface area contributed by atoms with Crippen molar-refractivity contribution in [2.75, 3.05) is 27.4 Å². The molecule has 7 nitrogen and oxygen atoms in total. The molecule has 0 aliphatic carbocycles. The van der Waals surface area contributed by atoms with Gasteiger partial charge in [0.25, 0.3) is 5.91 Å². The zero-order valence-electron chi connectivity index (χ0n) is 16.6. The highest BCUT2D eigenvalue weighted by Gasteiger charge is 2.20. The predicted octanol–water partition coefficient (Wildman–Crippen LogP) is 3.39. The topological polar surface area (TPSA) is 81.5 Å². The molecule has 0 bridgehead atoms. The third-order valence-corrected chi connectivity index (χ3v) is 4.29. The molecule has 0 aromatic heterocycles. The molecular formula is C21H24ClN3O4. The van der Waals surface area contributed by atoms with Crippen LogP contribution in [0.15, 0.2) is 58.8 Å². The van der Waals surface area contributed by atoms with E-state index in [0.717, 1.165) is 5.56 Å². The first kappa shape index (κ1) is 22.4. The molecule has 0 fully saturated rings. The molecule has 0 aliphatic rings. The Kier molecular flexibility index (Phi) is 9.14. The van der Waals surface area contributed by atoms with Gasteiger partial charge in [-0.1, -0.05) is 64.4 Å². The highest BCUT2D eigenvalue weighted by Crippen LogP contribution is 2.22. The van der Waals surface area contributed by atoms with E-state index in [9.17, 15) is 4.79 Å². The molecule has 0 spiro atoms. The van der Waals surface area contributed by atoms with Gasteiger partial charge in [0.1, 0.15) is 19.4 Å². The first-order valence-electron chi connectivity index (χ1n) is 9.05. The molecular weight excluding hydrogens is 394 g/mol. The maximum absolute atomic E-state index is 12.2. The second kappa shape index (κ2) is 11.8. The maximum atomic E-state index is 12.2. The van der Waals surface area contributed by atoms with E-state index in [1.54, 1.807) is 18.2 Å². The molecule has 0 saturated heterocycles. The molecule has 2 rings (SSSR count). The van der Waals surface area contributed by atoms with Crippen LogP contribution in [-0.2, 0) is 25.8 Å². The summed E-state index contributed by atoms with van der Waals surface area (Å²) in [5.74, 6) is -0.403. The summed E-state index contributed by atoms with van der Waals surface area (Å²) in [5.41, 5.74) is 2.71. The van der Waals surface area contributed by atoms with E-state index in [1.165, 1.54) is 14.2 Å². The number of nitrogens with zero attached hydrogens (tertiary/aromatic N) is 2. The zero-order valence-corrected chi connectivity index (χ0v) is 17.4. The minimum Gasteiger partial charge on any atom is -0.398 e. The van der Waals surface area contributed by atoms with E-state index in [-0.39, 0.29) is 12.3 Å². The van der Waals surface area contributed by atoms with Gasteiger partial charge in [0.15, 0.2) is 5.71 Å². The Morgan fingerprint density at radius 2 is 1.86 bits per heavy atom. The molecule has 0 aliphatic heterocycles. The fourth-order valence-corrected chi connectivity index (χ4v) is 2.75. The lowest BCUT2D eigenvalue weighted by atomic mass is 10.0. The molecule has 2 aromatic rings. The lowest BCUT2D eigenvalue weighted by molar-refractivity contribution is -0.114. The fourth-order valence-electron chi connectivity index (χ4n) is 2.52. The number of likely N-dealkylation sites (N-methyl/N-ethyl adjacent to an activating group) is 1. The van der Waals surface area contributed by atoms with Crippen molar-refractivity contribution >= 4 is 28.9 Å². The molecule has 0 saturated carbocycles. The van der Waals surface area contributed by atoms with E-state index in [4.69, 9.17) is 26.0 Å². The van der Waals surface area contributed by atoms with Gasteiger partial charge < -0.3 is 19.7 Å². The minimum atomic E-state index is -0.403. The lowest BCUT2D eigenvalue weighted by Gasteiger charge is -2.12. The van der Waals surface area contributed by atoms with Crippen LogP contribution in [0, 0.1) is 0 Å². The van der Waals surface area contributed by atoms with Crippen LogP contribution in [0.5, 0.6) is 0 Å². The van der Waals surface area contributed by atoms with Crippen LogP contribution >= 0.6 is 11.6 Å². The van der Waals surface area contributed by atoms with Gasteiger partial charge in [-0.25, -0.2) is 0 Å². The van der Waals surface area contributed by atoms with Gasteiger partial charge in [0.2, 0.25) is 0 Å². The van der Waals surface area contributed by atoms with Crippen LogP contribution in [0.3, 0.4) is 0 Å². The zero-order chi connectivity index (χ0) is 21.1. The molecule has 29 heavy (non-hydrogen) atoms. The van der Waals surface area contributed by atoms with Crippen LogP contribution in [-0.4, -0.2) is 44.7 Å². The number of nitrogens with one attached hydrogen (secondary N) is 1. The highest BCUT2D eigenvalue weighted by molar-refractivity contribution is 6.46. The number of carbonyl (C=O) groups is 1. The number of ether oxygens (including phenoxy) is 1. The van der Waals surface area contributed by atoms with Gasteiger partial charge in [-0.3, -0.25) is 4.79 Å². The summed E-state index contributed by atoms with van der Waals surface area (Å²) in [7, 11) is 2.88. The summed E-state index contributed by atoms with van der Waals surface area (Å²) < 4.78 is 5.49. The normalized spacial score (nSPS) is 11.9. The van der Waals surface area contributed by atoms with Crippen LogP contribution in [0.25, 0.3) is 0 Å². The summed E-state index contributed by atoms with van der Waals surface area (Å²) in [5, 5.41) is 11.0. The Morgan fingerprint density at radius 1 is 1.10 bits per heavy atom. The van der Waals surface area contributed by atoms with Gasteiger partial charge >= 0.3 is 0 Å². The minimum absolute atomic E-state index is 0.0389. The van der Waals surface area contributed by atoms with E-state index < -0.39 is 5.91 Å². The van der Waals surface area contributed by atoms with Crippen molar-refractivity contribution in [3.05, 3.63) is 70.2 Å². The van der Waals surface area contributed by atoms with Crippen molar-refractivity contribution in [2.45, 2.75) is 13.5 Å². The number of carbonyl (C=O) groups excluding carboxylic acids is 1. The molecule has 1 N–H and O–H groups in total. The molecule has 2 aromatic carbocycles.